The van der Waals surface area contributed by atoms with Crippen molar-refractivity contribution in [1.82, 2.24) is 0 Å². The molecule has 2 heteroatoms. The number of para-hydroxylation sites is 1. The normalized spacial score (nSPS) is 20.2. The van der Waals surface area contributed by atoms with E-state index < -0.39 is 5.60 Å². The number of nitrogens with one attached hydrogen (secondary N) is 1. The van der Waals surface area contributed by atoms with Crippen LogP contribution < -0.4 is 5.32 Å². The molecule has 2 aromatic carbocycles. The maximum absolute atomic E-state index is 11.2. The van der Waals surface area contributed by atoms with Crippen LogP contribution in [-0.2, 0) is 12.8 Å². The minimum absolute atomic E-state index is 0.109. The van der Waals surface area contributed by atoms with E-state index >= 15 is 0 Å². The molecule has 2 atom stereocenters. The van der Waals surface area contributed by atoms with Gasteiger partial charge in [-0.3, -0.25) is 0 Å². The molecule has 21 heavy (non-hydrogen) atoms. The minimum Gasteiger partial charge on any atom is -0.387 e. The summed E-state index contributed by atoms with van der Waals surface area (Å²) < 4.78 is 0. The van der Waals surface area contributed by atoms with E-state index in [9.17, 15) is 5.11 Å². The van der Waals surface area contributed by atoms with Crippen molar-refractivity contribution < 1.29 is 5.11 Å². The summed E-state index contributed by atoms with van der Waals surface area (Å²) in [4.78, 5) is 0. The van der Waals surface area contributed by atoms with E-state index in [4.69, 9.17) is 0 Å². The van der Waals surface area contributed by atoms with Gasteiger partial charge in [0.05, 0.1) is 11.6 Å². The van der Waals surface area contributed by atoms with Gasteiger partial charge in [0.15, 0.2) is 0 Å². The summed E-state index contributed by atoms with van der Waals surface area (Å²) >= 11 is 0. The van der Waals surface area contributed by atoms with Crippen molar-refractivity contribution in [3.8, 4) is 0 Å². The molecule has 2 N–H and O–H groups in total. The van der Waals surface area contributed by atoms with Crippen molar-refractivity contribution in [2.75, 3.05) is 5.32 Å². The van der Waals surface area contributed by atoms with Gasteiger partial charge in [-0.1, -0.05) is 55.5 Å². The molecule has 2 nitrogen and oxygen atoms in total. The molecule has 0 spiro atoms. The molecule has 2 unspecified atom stereocenters. The highest BCUT2D eigenvalue weighted by Crippen LogP contribution is 2.32. The SMILES string of the molecule is CCC(O)(Cc1ccccc1)C1CCc2ccccc2N1. The third kappa shape index (κ3) is 2.96. The van der Waals surface area contributed by atoms with E-state index in [2.05, 4.69) is 48.6 Å². The van der Waals surface area contributed by atoms with Gasteiger partial charge in [0.25, 0.3) is 0 Å². The van der Waals surface area contributed by atoms with Crippen LogP contribution in [0.25, 0.3) is 0 Å². The standard InChI is InChI=1S/C19H23NO/c1-2-19(21,14-15-8-4-3-5-9-15)18-13-12-16-10-6-7-11-17(16)20-18/h3-11,18,20-21H,2,12-14H2,1H3. The number of aryl methyl sites for hydroxylation is 1. The van der Waals surface area contributed by atoms with E-state index in [-0.39, 0.29) is 6.04 Å². The number of hydrogen-bond acceptors (Lipinski definition) is 2. The zero-order valence-electron chi connectivity index (χ0n) is 12.5. The van der Waals surface area contributed by atoms with Crippen LogP contribution in [0.2, 0.25) is 0 Å². The van der Waals surface area contributed by atoms with Gasteiger partial charge in [-0.15, -0.1) is 0 Å². The lowest BCUT2D eigenvalue weighted by Crippen LogP contribution is -2.49. The number of fused-ring (bicyclic) bond motifs is 1. The maximum Gasteiger partial charge on any atom is 0.0885 e. The summed E-state index contributed by atoms with van der Waals surface area (Å²) in [6.07, 6.45) is 3.46. The zero-order chi connectivity index (χ0) is 14.7. The molecule has 0 saturated carbocycles. The van der Waals surface area contributed by atoms with Crippen molar-refractivity contribution in [1.29, 1.82) is 0 Å². The molecule has 0 bridgehead atoms. The van der Waals surface area contributed by atoms with Crippen LogP contribution in [0.1, 0.15) is 30.9 Å². The number of rotatable bonds is 4. The van der Waals surface area contributed by atoms with E-state index in [1.54, 1.807) is 0 Å². The second kappa shape index (κ2) is 5.90. The van der Waals surface area contributed by atoms with Gasteiger partial charge in [0.1, 0.15) is 0 Å². The predicted molar refractivity (Wildman–Crippen MR) is 87.6 cm³/mol. The summed E-state index contributed by atoms with van der Waals surface area (Å²) in [6, 6.07) is 18.8. The highest BCUT2D eigenvalue weighted by Gasteiger charge is 2.36. The van der Waals surface area contributed by atoms with E-state index in [0.29, 0.717) is 6.42 Å². The Morgan fingerprint density at radius 2 is 1.81 bits per heavy atom. The summed E-state index contributed by atoms with van der Waals surface area (Å²) in [5.74, 6) is 0. The average molecular weight is 281 g/mol. The first-order chi connectivity index (χ1) is 10.2. The number of hydrogen-bond donors (Lipinski definition) is 2. The quantitative estimate of drug-likeness (QED) is 0.893. The van der Waals surface area contributed by atoms with Gasteiger partial charge >= 0.3 is 0 Å². The second-order valence-electron chi connectivity index (χ2n) is 6.01. The summed E-state index contributed by atoms with van der Waals surface area (Å²) in [7, 11) is 0. The molecule has 0 aliphatic carbocycles. The predicted octanol–water partition coefficient (Wildman–Crippen LogP) is 3.80. The highest BCUT2D eigenvalue weighted by atomic mass is 16.3. The van der Waals surface area contributed by atoms with Crippen molar-refractivity contribution in [2.45, 2.75) is 44.2 Å². The van der Waals surface area contributed by atoms with Gasteiger partial charge in [0.2, 0.25) is 0 Å². The van der Waals surface area contributed by atoms with Crippen LogP contribution in [0.3, 0.4) is 0 Å². The summed E-state index contributed by atoms with van der Waals surface area (Å²) in [5.41, 5.74) is 3.03. The fourth-order valence-electron chi connectivity index (χ4n) is 3.29. The van der Waals surface area contributed by atoms with Crippen LogP contribution in [0.15, 0.2) is 54.6 Å². The van der Waals surface area contributed by atoms with E-state index in [1.807, 2.05) is 18.2 Å². The summed E-state index contributed by atoms with van der Waals surface area (Å²) in [5, 5.41) is 14.7. The average Bonchev–Trinajstić information content (AvgIpc) is 2.55. The Morgan fingerprint density at radius 1 is 1.10 bits per heavy atom. The van der Waals surface area contributed by atoms with E-state index in [0.717, 1.165) is 19.3 Å². The van der Waals surface area contributed by atoms with Crippen LogP contribution in [-0.4, -0.2) is 16.7 Å². The number of aliphatic hydroxyl groups is 1. The molecule has 0 aromatic heterocycles. The fourth-order valence-corrected chi connectivity index (χ4v) is 3.29. The Kier molecular flexibility index (Phi) is 3.98. The molecule has 3 rings (SSSR count). The monoisotopic (exact) mass is 281 g/mol. The Hall–Kier alpha value is -1.80. The molecule has 0 fully saturated rings. The molecule has 1 aliphatic rings. The van der Waals surface area contributed by atoms with Crippen molar-refractivity contribution in [3.63, 3.8) is 0 Å². The zero-order valence-corrected chi connectivity index (χ0v) is 12.5. The molecular formula is C19H23NO. The van der Waals surface area contributed by atoms with Crippen LogP contribution in [0.5, 0.6) is 0 Å². The Morgan fingerprint density at radius 3 is 2.57 bits per heavy atom. The first kappa shape index (κ1) is 14.2. The van der Waals surface area contributed by atoms with Gasteiger partial charge in [-0.05, 0) is 36.5 Å². The topological polar surface area (TPSA) is 32.3 Å². The molecule has 110 valence electrons. The van der Waals surface area contributed by atoms with Crippen molar-refractivity contribution >= 4 is 5.69 Å². The lowest BCUT2D eigenvalue weighted by Gasteiger charge is -2.40. The largest absolute Gasteiger partial charge is 0.387 e. The maximum atomic E-state index is 11.2. The summed E-state index contributed by atoms with van der Waals surface area (Å²) in [6.45, 7) is 2.07. The van der Waals surface area contributed by atoms with E-state index in [1.165, 1.54) is 16.8 Å². The molecule has 1 aliphatic heterocycles. The third-order valence-corrected chi connectivity index (χ3v) is 4.66. The van der Waals surface area contributed by atoms with Gasteiger partial charge in [-0.2, -0.15) is 0 Å². The lowest BCUT2D eigenvalue weighted by atomic mass is 9.80. The number of benzene rings is 2. The molecular weight excluding hydrogens is 258 g/mol. The fraction of sp³-hybridized carbons (Fsp3) is 0.368. The van der Waals surface area contributed by atoms with Crippen LogP contribution in [0, 0.1) is 0 Å². The second-order valence-corrected chi connectivity index (χ2v) is 6.01. The van der Waals surface area contributed by atoms with Gasteiger partial charge in [0, 0.05) is 12.1 Å². The number of anilines is 1. The molecule has 0 radical (unpaired) electrons. The van der Waals surface area contributed by atoms with Crippen molar-refractivity contribution in [2.24, 2.45) is 0 Å². The van der Waals surface area contributed by atoms with Crippen LogP contribution in [0.4, 0.5) is 5.69 Å². The first-order valence-corrected chi connectivity index (χ1v) is 7.82. The molecule has 1 heterocycles. The third-order valence-electron chi connectivity index (χ3n) is 4.66. The minimum atomic E-state index is -0.700. The molecule has 0 amide bonds. The van der Waals surface area contributed by atoms with Gasteiger partial charge < -0.3 is 10.4 Å². The lowest BCUT2D eigenvalue weighted by molar-refractivity contribution is 0.0136. The highest BCUT2D eigenvalue weighted by molar-refractivity contribution is 5.54. The molecule has 2 aromatic rings. The Bertz CT molecular complexity index is 596. The van der Waals surface area contributed by atoms with Crippen LogP contribution >= 0.6 is 0 Å². The molecule has 0 saturated heterocycles. The Labute approximate surface area is 126 Å². The Balaban J connectivity index is 1.80. The van der Waals surface area contributed by atoms with Crippen molar-refractivity contribution in [3.05, 3.63) is 65.7 Å². The first-order valence-electron chi connectivity index (χ1n) is 7.82. The smallest absolute Gasteiger partial charge is 0.0885 e. The van der Waals surface area contributed by atoms with Gasteiger partial charge in [-0.25, -0.2) is 0 Å².